The largest absolute Gasteiger partial charge is 0.462 e. The molecular formula is C13H15N3O2. The maximum absolute atomic E-state index is 11.8. The first-order valence-electron chi connectivity index (χ1n) is 5.79. The summed E-state index contributed by atoms with van der Waals surface area (Å²) in [6.45, 7) is 5.79. The fourth-order valence-electron chi connectivity index (χ4n) is 1.87. The molecule has 94 valence electrons. The molecule has 0 amide bonds. The summed E-state index contributed by atoms with van der Waals surface area (Å²) in [5.41, 5.74) is 2.78. The van der Waals surface area contributed by atoms with Crippen LogP contribution in [0.2, 0.25) is 0 Å². The molecule has 0 saturated heterocycles. The highest BCUT2D eigenvalue weighted by Crippen LogP contribution is 2.18. The minimum absolute atomic E-state index is 0.331. The lowest BCUT2D eigenvalue weighted by Crippen LogP contribution is -2.07. The van der Waals surface area contributed by atoms with Gasteiger partial charge in [-0.3, -0.25) is 4.98 Å². The maximum Gasteiger partial charge on any atom is 0.341 e. The van der Waals surface area contributed by atoms with Crippen LogP contribution in [0.1, 0.15) is 28.7 Å². The van der Waals surface area contributed by atoms with E-state index in [1.165, 1.54) is 0 Å². The SMILES string of the molecule is CCOC(=O)c1c(C)nn(-c2cccnc2)c1C. The summed E-state index contributed by atoms with van der Waals surface area (Å²) in [6, 6.07) is 3.72. The molecular weight excluding hydrogens is 230 g/mol. The van der Waals surface area contributed by atoms with Gasteiger partial charge < -0.3 is 4.74 Å². The number of rotatable bonds is 3. The van der Waals surface area contributed by atoms with Gasteiger partial charge in [-0.05, 0) is 32.9 Å². The van der Waals surface area contributed by atoms with E-state index in [4.69, 9.17) is 4.74 Å². The van der Waals surface area contributed by atoms with Gasteiger partial charge in [-0.15, -0.1) is 0 Å². The molecule has 2 rings (SSSR count). The van der Waals surface area contributed by atoms with E-state index in [-0.39, 0.29) is 5.97 Å². The zero-order valence-electron chi connectivity index (χ0n) is 10.7. The third kappa shape index (κ3) is 2.11. The van der Waals surface area contributed by atoms with Crippen LogP contribution in [0.4, 0.5) is 0 Å². The van der Waals surface area contributed by atoms with Gasteiger partial charge in [-0.25, -0.2) is 9.48 Å². The molecule has 0 radical (unpaired) electrons. The first-order valence-corrected chi connectivity index (χ1v) is 5.79. The minimum atomic E-state index is -0.331. The first kappa shape index (κ1) is 12.3. The number of ether oxygens (including phenoxy) is 1. The first-order chi connectivity index (χ1) is 8.65. The molecule has 18 heavy (non-hydrogen) atoms. The molecule has 2 heterocycles. The van der Waals surface area contributed by atoms with Gasteiger partial charge in [-0.2, -0.15) is 5.10 Å². The number of hydrogen-bond acceptors (Lipinski definition) is 4. The third-order valence-corrected chi connectivity index (χ3v) is 2.66. The van der Waals surface area contributed by atoms with Crippen molar-refractivity contribution in [3.8, 4) is 5.69 Å². The van der Waals surface area contributed by atoms with Crippen LogP contribution >= 0.6 is 0 Å². The lowest BCUT2D eigenvalue weighted by Gasteiger charge is -2.04. The Morgan fingerprint density at radius 3 is 2.83 bits per heavy atom. The van der Waals surface area contributed by atoms with Gasteiger partial charge in [0.2, 0.25) is 0 Å². The molecule has 0 bridgehead atoms. The molecule has 0 atom stereocenters. The van der Waals surface area contributed by atoms with E-state index in [0.717, 1.165) is 11.4 Å². The number of esters is 1. The highest BCUT2D eigenvalue weighted by molar-refractivity contribution is 5.92. The Morgan fingerprint density at radius 2 is 2.22 bits per heavy atom. The van der Waals surface area contributed by atoms with Crippen molar-refractivity contribution < 1.29 is 9.53 Å². The second-order valence-corrected chi connectivity index (χ2v) is 3.89. The molecule has 0 spiro atoms. The van der Waals surface area contributed by atoms with E-state index in [1.54, 1.807) is 30.9 Å². The van der Waals surface area contributed by atoms with Crippen molar-refractivity contribution in [3.63, 3.8) is 0 Å². The Morgan fingerprint density at radius 1 is 1.44 bits per heavy atom. The summed E-state index contributed by atoms with van der Waals surface area (Å²) in [5.74, 6) is -0.331. The van der Waals surface area contributed by atoms with Crippen molar-refractivity contribution in [3.05, 3.63) is 41.5 Å². The molecule has 0 N–H and O–H groups in total. The topological polar surface area (TPSA) is 57.0 Å². The number of aromatic nitrogens is 3. The average molecular weight is 245 g/mol. The highest BCUT2D eigenvalue weighted by Gasteiger charge is 2.20. The predicted octanol–water partition coefficient (Wildman–Crippen LogP) is 2.06. The maximum atomic E-state index is 11.8. The van der Waals surface area contributed by atoms with Crippen molar-refractivity contribution in [2.24, 2.45) is 0 Å². The van der Waals surface area contributed by atoms with Crippen LogP contribution < -0.4 is 0 Å². The summed E-state index contributed by atoms with van der Waals surface area (Å²) < 4.78 is 6.73. The predicted molar refractivity (Wildman–Crippen MR) is 66.8 cm³/mol. The van der Waals surface area contributed by atoms with E-state index in [0.29, 0.717) is 17.9 Å². The lowest BCUT2D eigenvalue weighted by atomic mass is 10.2. The molecule has 0 saturated carbocycles. The molecule has 0 unspecified atom stereocenters. The fourth-order valence-corrected chi connectivity index (χ4v) is 1.87. The Balaban J connectivity index is 2.47. The lowest BCUT2D eigenvalue weighted by molar-refractivity contribution is 0.0524. The molecule has 2 aromatic rings. The van der Waals surface area contributed by atoms with Gasteiger partial charge in [0.05, 0.1) is 29.9 Å². The van der Waals surface area contributed by atoms with Gasteiger partial charge in [0.15, 0.2) is 0 Å². The van der Waals surface area contributed by atoms with Crippen molar-refractivity contribution >= 4 is 5.97 Å². The van der Waals surface area contributed by atoms with Gasteiger partial charge in [0.1, 0.15) is 5.56 Å². The molecule has 0 aliphatic rings. The number of aryl methyl sites for hydroxylation is 1. The Kier molecular flexibility index (Phi) is 3.41. The number of carbonyl (C=O) groups excluding carboxylic acids is 1. The minimum Gasteiger partial charge on any atom is -0.462 e. The van der Waals surface area contributed by atoms with E-state index in [2.05, 4.69) is 10.1 Å². The second-order valence-electron chi connectivity index (χ2n) is 3.89. The monoisotopic (exact) mass is 245 g/mol. The summed E-state index contributed by atoms with van der Waals surface area (Å²) in [7, 11) is 0. The zero-order valence-corrected chi connectivity index (χ0v) is 10.7. The summed E-state index contributed by atoms with van der Waals surface area (Å²) in [4.78, 5) is 15.9. The average Bonchev–Trinajstić information content (AvgIpc) is 2.66. The zero-order chi connectivity index (χ0) is 13.1. The second kappa shape index (κ2) is 5.00. The van der Waals surface area contributed by atoms with Crippen LogP contribution in [-0.4, -0.2) is 27.3 Å². The molecule has 0 aliphatic carbocycles. The van der Waals surface area contributed by atoms with Crippen molar-refractivity contribution in [2.45, 2.75) is 20.8 Å². The summed E-state index contributed by atoms with van der Waals surface area (Å²) in [5, 5.41) is 4.36. The summed E-state index contributed by atoms with van der Waals surface area (Å²) in [6.07, 6.45) is 3.40. The van der Waals surface area contributed by atoms with Crippen LogP contribution in [0, 0.1) is 13.8 Å². The smallest absolute Gasteiger partial charge is 0.341 e. The van der Waals surface area contributed by atoms with Gasteiger partial charge in [0, 0.05) is 6.20 Å². The van der Waals surface area contributed by atoms with Crippen molar-refractivity contribution in [1.82, 2.24) is 14.8 Å². The number of hydrogen-bond donors (Lipinski definition) is 0. The Labute approximate surface area is 105 Å². The van der Waals surface area contributed by atoms with Crippen LogP contribution in [-0.2, 0) is 4.74 Å². The van der Waals surface area contributed by atoms with Crippen molar-refractivity contribution in [2.75, 3.05) is 6.61 Å². The van der Waals surface area contributed by atoms with E-state index in [1.807, 2.05) is 19.1 Å². The van der Waals surface area contributed by atoms with Crippen LogP contribution in [0.3, 0.4) is 0 Å². The van der Waals surface area contributed by atoms with Gasteiger partial charge in [-0.1, -0.05) is 0 Å². The third-order valence-electron chi connectivity index (χ3n) is 2.66. The molecule has 0 fully saturated rings. The number of nitrogens with zero attached hydrogens (tertiary/aromatic N) is 3. The van der Waals surface area contributed by atoms with E-state index in [9.17, 15) is 4.79 Å². The number of carbonyl (C=O) groups is 1. The molecule has 0 aromatic carbocycles. The Hall–Kier alpha value is -2.17. The summed E-state index contributed by atoms with van der Waals surface area (Å²) >= 11 is 0. The van der Waals surface area contributed by atoms with Crippen LogP contribution in [0.15, 0.2) is 24.5 Å². The van der Waals surface area contributed by atoms with E-state index >= 15 is 0 Å². The fraction of sp³-hybridized carbons (Fsp3) is 0.308. The molecule has 5 nitrogen and oxygen atoms in total. The van der Waals surface area contributed by atoms with E-state index < -0.39 is 0 Å². The van der Waals surface area contributed by atoms with Crippen molar-refractivity contribution in [1.29, 1.82) is 0 Å². The number of pyridine rings is 1. The molecule has 0 aliphatic heterocycles. The Bertz CT molecular complexity index is 561. The van der Waals surface area contributed by atoms with Gasteiger partial charge in [0.25, 0.3) is 0 Å². The molecule has 2 aromatic heterocycles. The standard InChI is InChI=1S/C13H15N3O2/c1-4-18-13(17)12-9(2)15-16(10(12)3)11-6-5-7-14-8-11/h5-8H,4H2,1-3H3. The van der Waals surface area contributed by atoms with Crippen LogP contribution in [0.25, 0.3) is 5.69 Å². The van der Waals surface area contributed by atoms with Crippen LogP contribution in [0.5, 0.6) is 0 Å². The highest BCUT2D eigenvalue weighted by atomic mass is 16.5. The normalized spacial score (nSPS) is 10.4. The van der Waals surface area contributed by atoms with Gasteiger partial charge >= 0.3 is 5.97 Å². The molecule has 5 heteroatoms. The quantitative estimate of drug-likeness (QED) is 0.777.